The molecule has 0 bridgehead atoms. The molecular formula is C16H14F6N2O7. The number of benzene rings is 1. The van der Waals surface area contributed by atoms with Crippen LogP contribution in [0.25, 0.3) is 0 Å². The SMILES string of the molecule is O=C(Oc1c(C2CCCCC2)cc([N+](=O)[O-])cc1[N+](=O)[O-])OC(C(F)(F)F)C(F)(F)F. The molecule has 0 amide bonds. The maximum Gasteiger partial charge on any atom is 0.515 e. The van der Waals surface area contributed by atoms with Crippen molar-refractivity contribution in [3.8, 4) is 5.75 Å². The summed E-state index contributed by atoms with van der Waals surface area (Å²) in [6, 6.07) is 1.23. The largest absolute Gasteiger partial charge is 0.515 e. The summed E-state index contributed by atoms with van der Waals surface area (Å²) in [5.41, 5.74) is -2.16. The average molecular weight is 460 g/mol. The van der Waals surface area contributed by atoms with Crippen LogP contribution in [0, 0.1) is 20.2 Å². The fourth-order valence-corrected chi connectivity index (χ4v) is 3.21. The Balaban J connectivity index is 2.49. The van der Waals surface area contributed by atoms with Crippen molar-refractivity contribution in [3.05, 3.63) is 37.9 Å². The molecule has 1 aromatic carbocycles. The van der Waals surface area contributed by atoms with Crippen LogP contribution in [-0.2, 0) is 4.74 Å². The minimum absolute atomic E-state index is 0.242. The third-order valence-corrected chi connectivity index (χ3v) is 4.53. The second-order valence-corrected chi connectivity index (χ2v) is 6.67. The fourth-order valence-electron chi connectivity index (χ4n) is 3.21. The molecule has 172 valence electrons. The molecule has 0 unspecified atom stereocenters. The third kappa shape index (κ3) is 5.95. The van der Waals surface area contributed by atoms with Gasteiger partial charge in [0.15, 0.2) is 0 Å². The average Bonchev–Trinajstić information content (AvgIpc) is 2.64. The summed E-state index contributed by atoms with van der Waals surface area (Å²) in [5, 5.41) is 22.5. The number of nitro groups is 2. The molecule has 0 N–H and O–H groups in total. The highest BCUT2D eigenvalue weighted by molar-refractivity contribution is 5.70. The summed E-state index contributed by atoms with van der Waals surface area (Å²) in [5.74, 6) is -1.59. The van der Waals surface area contributed by atoms with Crippen molar-refractivity contribution < 1.29 is 50.5 Å². The minimum atomic E-state index is -6.02. The van der Waals surface area contributed by atoms with E-state index in [0.717, 1.165) is 12.5 Å². The Hall–Kier alpha value is -3.13. The van der Waals surface area contributed by atoms with Gasteiger partial charge in [-0.05, 0) is 18.8 Å². The molecule has 31 heavy (non-hydrogen) atoms. The summed E-state index contributed by atoms with van der Waals surface area (Å²) in [7, 11) is 0. The molecule has 15 heteroatoms. The van der Waals surface area contributed by atoms with E-state index in [0.29, 0.717) is 31.7 Å². The monoisotopic (exact) mass is 460 g/mol. The lowest BCUT2D eigenvalue weighted by atomic mass is 9.83. The molecule has 0 spiro atoms. The molecule has 1 aliphatic rings. The van der Waals surface area contributed by atoms with Gasteiger partial charge in [0, 0.05) is 11.6 Å². The van der Waals surface area contributed by atoms with Crippen LogP contribution < -0.4 is 4.74 Å². The lowest BCUT2D eigenvalue weighted by molar-refractivity contribution is -0.394. The summed E-state index contributed by atoms with van der Waals surface area (Å²) in [4.78, 5) is 32.0. The number of alkyl halides is 6. The molecule has 0 aromatic heterocycles. The predicted octanol–water partition coefficient (Wildman–Crippen LogP) is 5.56. The first-order valence-corrected chi connectivity index (χ1v) is 8.70. The molecule has 0 atom stereocenters. The summed E-state index contributed by atoms with van der Waals surface area (Å²) in [6.07, 6.45) is -16.4. The van der Waals surface area contributed by atoms with Gasteiger partial charge >= 0.3 is 24.2 Å². The molecule has 0 radical (unpaired) electrons. The van der Waals surface area contributed by atoms with Gasteiger partial charge in [0.25, 0.3) is 11.8 Å². The van der Waals surface area contributed by atoms with Crippen molar-refractivity contribution in [1.82, 2.24) is 0 Å². The van der Waals surface area contributed by atoms with Crippen molar-refractivity contribution in [2.45, 2.75) is 56.5 Å². The van der Waals surface area contributed by atoms with Gasteiger partial charge < -0.3 is 9.47 Å². The lowest BCUT2D eigenvalue weighted by Gasteiger charge is -2.24. The van der Waals surface area contributed by atoms with E-state index >= 15 is 0 Å². The highest BCUT2D eigenvalue weighted by Crippen LogP contribution is 2.44. The van der Waals surface area contributed by atoms with Crippen molar-refractivity contribution in [3.63, 3.8) is 0 Å². The second kappa shape index (κ2) is 8.93. The van der Waals surface area contributed by atoms with Crippen LogP contribution in [0.5, 0.6) is 5.75 Å². The molecule has 1 aliphatic carbocycles. The Bertz CT molecular complexity index is 851. The van der Waals surface area contributed by atoms with Crippen LogP contribution in [0.2, 0.25) is 0 Å². The van der Waals surface area contributed by atoms with Crippen LogP contribution in [0.1, 0.15) is 43.6 Å². The smallest absolute Gasteiger partial charge is 0.411 e. The molecule has 1 fully saturated rings. The Kier molecular flexibility index (Phi) is 6.96. The van der Waals surface area contributed by atoms with Gasteiger partial charge in [-0.3, -0.25) is 20.2 Å². The minimum Gasteiger partial charge on any atom is -0.411 e. The quantitative estimate of drug-likeness (QED) is 0.185. The lowest BCUT2D eigenvalue weighted by Crippen LogP contribution is -2.46. The van der Waals surface area contributed by atoms with E-state index < -0.39 is 57.5 Å². The summed E-state index contributed by atoms with van der Waals surface area (Å²) in [6.45, 7) is 0. The molecular weight excluding hydrogens is 446 g/mol. The van der Waals surface area contributed by atoms with Gasteiger partial charge in [-0.15, -0.1) is 0 Å². The molecule has 9 nitrogen and oxygen atoms in total. The Labute approximate surface area is 169 Å². The van der Waals surface area contributed by atoms with Crippen LogP contribution in [0.15, 0.2) is 12.1 Å². The summed E-state index contributed by atoms with van der Waals surface area (Å²) < 4.78 is 83.4. The van der Waals surface area contributed by atoms with Gasteiger partial charge in [0.2, 0.25) is 5.75 Å². The maximum atomic E-state index is 12.6. The first kappa shape index (κ1) is 24.1. The van der Waals surface area contributed by atoms with E-state index in [1.165, 1.54) is 0 Å². The van der Waals surface area contributed by atoms with E-state index in [1.807, 2.05) is 0 Å². The third-order valence-electron chi connectivity index (χ3n) is 4.53. The number of nitrogens with zero attached hydrogens (tertiary/aromatic N) is 2. The Morgan fingerprint density at radius 3 is 1.97 bits per heavy atom. The molecule has 2 rings (SSSR count). The number of rotatable bonds is 5. The number of hydrogen-bond donors (Lipinski definition) is 0. The first-order chi connectivity index (χ1) is 14.2. The number of nitro benzene ring substituents is 2. The number of carbonyl (C=O) groups is 1. The molecule has 0 aliphatic heterocycles. The van der Waals surface area contributed by atoms with Gasteiger partial charge in [-0.25, -0.2) is 4.79 Å². The molecule has 1 aromatic rings. The van der Waals surface area contributed by atoms with Crippen molar-refractivity contribution in [1.29, 1.82) is 0 Å². The zero-order valence-corrected chi connectivity index (χ0v) is 15.4. The zero-order chi connectivity index (χ0) is 23.6. The highest BCUT2D eigenvalue weighted by Gasteiger charge is 2.60. The standard InChI is InChI=1S/C16H14F6N2O7/c17-15(18,19)13(16(20,21)22)31-14(25)30-12-10(8-4-2-1-3-5-8)6-9(23(26)27)7-11(12)24(28)29/h6-8,13H,1-5H2. The van der Waals surface area contributed by atoms with Gasteiger partial charge in [0.1, 0.15) is 0 Å². The highest BCUT2D eigenvalue weighted by atomic mass is 19.4. The van der Waals surface area contributed by atoms with E-state index in [9.17, 15) is 51.4 Å². The first-order valence-electron chi connectivity index (χ1n) is 8.70. The van der Waals surface area contributed by atoms with Crippen LogP contribution >= 0.6 is 0 Å². The number of hydrogen-bond acceptors (Lipinski definition) is 7. The van der Waals surface area contributed by atoms with Crippen LogP contribution in [0.4, 0.5) is 42.5 Å². The second-order valence-electron chi connectivity index (χ2n) is 6.67. The van der Waals surface area contributed by atoms with Crippen LogP contribution in [0.3, 0.4) is 0 Å². The predicted molar refractivity (Wildman–Crippen MR) is 88.6 cm³/mol. The number of non-ortho nitro benzene ring substituents is 1. The van der Waals surface area contributed by atoms with Gasteiger partial charge in [0.05, 0.1) is 15.9 Å². The number of ether oxygens (including phenoxy) is 2. The normalized spacial score (nSPS) is 15.6. The molecule has 0 saturated heterocycles. The van der Waals surface area contributed by atoms with Crippen molar-refractivity contribution in [2.24, 2.45) is 0 Å². The molecule has 1 saturated carbocycles. The maximum absolute atomic E-state index is 12.6. The topological polar surface area (TPSA) is 122 Å². The van der Waals surface area contributed by atoms with Crippen molar-refractivity contribution >= 4 is 17.5 Å². The Morgan fingerprint density at radius 1 is 0.968 bits per heavy atom. The van der Waals surface area contributed by atoms with Crippen molar-refractivity contribution in [2.75, 3.05) is 0 Å². The zero-order valence-electron chi connectivity index (χ0n) is 15.4. The van der Waals surface area contributed by atoms with Crippen LogP contribution in [-0.4, -0.2) is 34.5 Å². The Morgan fingerprint density at radius 2 is 1.52 bits per heavy atom. The van der Waals surface area contributed by atoms with E-state index in [4.69, 9.17) is 0 Å². The fraction of sp³-hybridized carbons (Fsp3) is 0.562. The van der Waals surface area contributed by atoms with E-state index in [2.05, 4.69) is 9.47 Å². The van der Waals surface area contributed by atoms with Gasteiger partial charge in [-0.1, -0.05) is 19.3 Å². The summed E-state index contributed by atoms with van der Waals surface area (Å²) >= 11 is 0. The number of halogens is 6. The van der Waals surface area contributed by atoms with E-state index in [-0.39, 0.29) is 5.56 Å². The van der Waals surface area contributed by atoms with Gasteiger partial charge in [-0.2, -0.15) is 26.3 Å². The van der Waals surface area contributed by atoms with E-state index in [1.54, 1.807) is 0 Å². The molecule has 0 heterocycles. The number of carbonyl (C=O) groups excluding carboxylic acids is 1.